The second kappa shape index (κ2) is 9.43. The first kappa shape index (κ1) is 21.4. The molecule has 0 spiro atoms. The second-order valence-electron chi connectivity index (χ2n) is 7.49. The number of hydrogen-bond acceptors (Lipinski definition) is 4. The van der Waals surface area contributed by atoms with E-state index in [9.17, 15) is 14.4 Å². The number of hydrogen-bond donors (Lipinski definition) is 2. The number of anilines is 2. The molecule has 1 heterocycles. The first-order chi connectivity index (χ1) is 14.4. The maximum absolute atomic E-state index is 12.6. The minimum atomic E-state index is -0.363. The maximum atomic E-state index is 12.6. The summed E-state index contributed by atoms with van der Waals surface area (Å²) in [5.41, 5.74) is 1.64. The number of carbonyl (C=O) groups excluding carboxylic acids is 3. The number of likely N-dealkylation sites (tertiary alicyclic amines) is 1. The molecule has 158 valence electrons. The molecule has 0 bridgehead atoms. The Morgan fingerprint density at radius 2 is 1.80 bits per heavy atom. The predicted octanol–water partition coefficient (Wildman–Crippen LogP) is 3.53. The van der Waals surface area contributed by atoms with Crippen molar-refractivity contribution in [1.29, 1.82) is 0 Å². The van der Waals surface area contributed by atoms with E-state index in [1.807, 2.05) is 32.9 Å². The lowest BCUT2D eigenvalue weighted by Gasteiger charge is -2.20. The molecule has 0 aromatic heterocycles. The Morgan fingerprint density at radius 1 is 1.10 bits per heavy atom. The lowest BCUT2D eigenvalue weighted by Crippen LogP contribution is -2.33. The van der Waals surface area contributed by atoms with Crippen molar-refractivity contribution in [2.24, 2.45) is 5.92 Å². The lowest BCUT2D eigenvalue weighted by molar-refractivity contribution is -0.129. The highest BCUT2D eigenvalue weighted by molar-refractivity contribution is 6.05. The van der Waals surface area contributed by atoms with E-state index in [2.05, 4.69) is 10.6 Å². The summed E-state index contributed by atoms with van der Waals surface area (Å²) in [6, 6.07) is 14.0. The van der Waals surface area contributed by atoms with Gasteiger partial charge in [-0.15, -0.1) is 0 Å². The summed E-state index contributed by atoms with van der Waals surface area (Å²) in [5.74, 6) is -0.204. The number of nitrogens with one attached hydrogen (secondary N) is 2. The molecule has 7 heteroatoms. The van der Waals surface area contributed by atoms with Crippen molar-refractivity contribution in [3.8, 4) is 5.75 Å². The first-order valence-corrected chi connectivity index (χ1v) is 10.1. The quantitative estimate of drug-likeness (QED) is 0.732. The minimum Gasteiger partial charge on any atom is -0.492 e. The summed E-state index contributed by atoms with van der Waals surface area (Å²) in [6.07, 6.45) is 0.226. The molecule has 3 rings (SSSR count). The van der Waals surface area contributed by atoms with E-state index in [1.54, 1.807) is 41.3 Å². The highest BCUT2D eigenvalue weighted by Crippen LogP contribution is 2.25. The van der Waals surface area contributed by atoms with Crippen LogP contribution in [0.5, 0.6) is 5.75 Å². The number of benzene rings is 2. The third-order valence-corrected chi connectivity index (χ3v) is 5.00. The molecule has 7 nitrogen and oxygen atoms in total. The summed E-state index contributed by atoms with van der Waals surface area (Å²) in [6.45, 7) is 6.70. The summed E-state index contributed by atoms with van der Waals surface area (Å²) >= 11 is 0. The van der Waals surface area contributed by atoms with Gasteiger partial charge in [0.25, 0.3) is 5.91 Å². The predicted molar refractivity (Wildman–Crippen MR) is 116 cm³/mol. The third kappa shape index (κ3) is 4.97. The van der Waals surface area contributed by atoms with Crippen molar-refractivity contribution in [2.45, 2.75) is 33.2 Å². The number of nitrogens with zero attached hydrogens (tertiary/aromatic N) is 1. The van der Waals surface area contributed by atoms with Gasteiger partial charge in [0.05, 0.1) is 18.2 Å². The van der Waals surface area contributed by atoms with Crippen molar-refractivity contribution in [1.82, 2.24) is 4.90 Å². The van der Waals surface area contributed by atoms with Gasteiger partial charge >= 0.3 is 0 Å². The van der Waals surface area contributed by atoms with Gasteiger partial charge in [0.2, 0.25) is 11.8 Å². The molecule has 1 saturated heterocycles. The largest absolute Gasteiger partial charge is 0.492 e. The van der Waals surface area contributed by atoms with Crippen molar-refractivity contribution in [3.63, 3.8) is 0 Å². The molecular formula is C23H27N3O4. The topological polar surface area (TPSA) is 87.7 Å². The van der Waals surface area contributed by atoms with Crippen LogP contribution in [0.15, 0.2) is 48.5 Å². The Bertz CT molecular complexity index is 924. The average molecular weight is 409 g/mol. The van der Waals surface area contributed by atoms with E-state index in [-0.39, 0.29) is 36.1 Å². The summed E-state index contributed by atoms with van der Waals surface area (Å²) < 4.78 is 5.53. The molecule has 3 amide bonds. The van der Waals surface area contributed by atoms with Crippen molar-refractivity contribution < 1.29 is 19.1 Å². The van der Waals surface area contributed by atoms with Crippen LogP contribution in [0, 0.1) is 5.92 Å². The van der Waals surface area contributed by atoms with E-state index in [0.717, 1.165) is 0 Å². The Labute approximate surface area is 176 Å². The molecule has 0 aliphatic carbocycles. The van der Waals surface area contributed by atoms with Crippen LogP contribution in [0.3, 0.4) is 0 Å². The molecule has 0 radical (unpaired) electrons. The monoisotopic (exact) mass is 409 g/mol. The fraction of sp³-hybridized carbons (Fsp3) is 0.348. The molecule has 30 heavy (non-hydrogen) atoms. The lowest BCUT2D eigenvalue weighted by atomic mass is 10.1. The van der Waals surface area contributed by atoms with Crippen molar-refractivity contribution >= 4 is 29.1 Å². The second-order valence-corrected chi connectivity index (χ2v) is 7.49. The number of amides is 3. The minimum absolute atomic E-state index is 0.00417. The van der Waals surface area contributed by atoms with Gasteiger partial charge in [-0.3, -0.25) is 14.4 Å². The van der Waals surface area contributed by atoms with Crippen LogP contribution in [-0.2, 0) is 9.59 Å². The highest BCUT2D eigenvalue weighted by atomic mass is 16.5. The van der Waals surface area contributed by atoms with E-state index < -0.39 is 0 Å². The normalized spacial score (nSPS) is 15.9. The van der Waals surface area contributed by atoms with Gasteiger partial charge in [-0.1, -0.05) is 12.1 Å². The number of para-hydroxylation sites is 2. The Morgan fingerprint density at radius 3 is 2.43 bits per heavy atom. The van der Waals surface area contributed by atoms with Gasteiger partial charge in [0.1, 0.15) is 5.75 Å². The molecule has 1 aliphatic rings. The van der Waals surface area contributed by atoms with Crippen LogP contribution >= 0.6 is 0 Å². The number of ether oxygens (including phenoxy) is 1. The van der Waals surface area contributed by atoms with E-state index in [1.165, 1.54) is 0 Å². The summed E-state index contributed by atoms with van der Waals surface area (Å²) in [7, 11) is 0. The molecular weight excluding hydrogens is 382 g/mol. The zero-order valence-corrected chi connectivity index (χ0v) is 17.5. The van der Waals surface area contributed by atoms with Crippen LogP contribution < -0.4 is 15.4 Å². The van der Waals surface area contributed by atoms with Crippen LogP contribution in [0.4, 0.5) is 11.4 Å². The van der Waals surface area contributed by atoms with Gasteiger partial charge in [-0.25, -0.2) is 0 Å². The molecule has 1 atom stereocenters. The zero-order valence-electron chi connectivity index (χ0n) is 17.5. The average Bonchev–Trinajstić information content (AvgIpc) is 3.12. The standard InChI is InChI=1S/C23H27N3O4/c1-4-30-20-8-6-5-7-19(20)25-22(28)16-9-11-18(12-10-16)24-23(29)17-13-21(27)26(14-17)15(2)3/h5-12,15,17H,4,13-14H2,1-3H3,(H,24,29)(H,25,28). The fourth-order valence-electron chi connectivity index (χ4n) is 3.40. The number of carbonyl (C=O) groups is 3. The summed E-state index contributed by atoms with van der Waals surface area (Å²) in [5, 5.41) is 5.68. The van der Waals surface area contributed by atoms with Gasteiger partial charge in [-0.2, -0.15) is 0 Å². The maximum Gasteiger partial charge on any atom is 0.255 e. The van der Waals surface area contributed by atoms with E-state index in [0.29, 0.717) is 35.8 Å². The van der Waals surface area contributed by atoms with Crippen LogP contribution in [0.1, 0.15) is 37.6 Å². The number of rotatable bonds is 7. The molecule has 2 N–H and O–H groups in total. The molecule has 2 aromatic carbocycles. The zero-order chi connectivity index (χ0) is 21.7. The summed E-state index contributed by atoms with van der Waals surface area (Å²) in [4.78, 5) is 38.8. The Kier molecular flexibility index (Phi) is 6.72. The highest BCUT2D eigenvalue weighted by Gasteiger charge is 2.35. The van der Waals surface area contributed by atoms with E-state index in [4.69, 9.17) is 4.74 Å². The fourth-order valence-corrected chi connectivity index (χ4v) is 3.40. The van der Waals surface area contributed by atoms with E-state index >= 15 is 0 Å². The van der Waals surface area contributed by atoms with Crippen LogP contribution in [0.25, 0.3) is 0 Å². The van der Waals surface area contributed by atoms with Gasteiger partial charge in [0, 0.05) is 30.3 Å². The Hall–Kier alpha value is -3.35. The van der Waals surface area contributed by atoms with Gasteiger partial charge in [0.15, 0.2) is 0 Å². The third-order valence-electron chi connectivity index (χ3n) is 5.00. The molecule has 2 aromatic rings. The Balaban J connectivity index is 1.60. The van der Waals surface area contributed by atoms with Gasteiger partial charge in [-0.05, 0) is 57.2 Å². The van der Waals surface area contributed by atoms with Gasteiger partial charge < -0.3 is 20.3 Å². The molecule has 1 unspecified atom stereocenters. The molecule has 1 fully saturated rings. The smallest absolute Gasteiger partial charge is 0.255 e. The van der Waals surface area contributed by atoms with Crippen molar-refractivity contribution in [3.05, 3.63) is 54.1 Å². The molecule has 0 saturated carbocycles. The first-order valence-electron chi connectivity index (χ1n) is 10.1. The molecule has 1 aliphatic heterocycles. The van der Waals surface area contributed by atoms with Crippen molar-refractivity contribution in [2.75, 3.05) is 23.8 Å². The SMILES string of the molecule is CCOc1ccccc1NC(=O)c1ccc(NC(=O)C2CC(=O)N(C(C)C)C2)cc1. The van der Waals surface area contributed by atoms with Crippen LogP contribution in [0.2, 0.25) is 0 Å². The van der Waals surface area contributed by atoms with Crippen LogP contribution in [-0.4, -0.2) is 41.8 Å².